The first-order chi connectivity index (χ1) is 15.5. The maximum absolute atomic E-state index is 11.6. The van der Waals surface area contributed by atoms with Crippen molar-refractivity contribution < 1.29 is 4.79 Å². The molecule has 32 heavy (non-hydrogen) atoms. The number of piperidine rings is 1. The molecule has 0 bridgehead atoms. The fraction of sp³-hybridized carbons (Fsp3) is 0.680. The summed E-state index contributed by atoms with van der Waals surface area (Å²) in [6.45, 7) is 9.75. The van der Waals surface area contributed by atoms with Crippen LogP contribution < -0.4 is 16.4 Å². The Kier molecular flexibility index (Phi) is 7.68. The smallest absolute Gasteiger partial charge is 0.221 e. The van der Waals surface area contributed by atoms with E-state index in [1.807, 2.05) is 0 Å². The fourth-order valence-corrected chi connectivity index (χ4v) is 5.28. The lowest BCUT2D eigenvalue weighted by molar-refractivity contribution is -0.123. The van der Waals surface area contributed by atoms with Crippen LogP contribution in [0.5, 0.6) is 0 Å². The molecule has 0 spiro atoms. The van der Waals surface area contributed by atoms with Gasteiger partial charge < -0.3 is 16.4 Å². The van der Waals surface area contributed by atoms with Gasteiger partial charge in [-0.1, -0.05) is 24.3 Å². The molecule has 2 aliphatic heterocycles. The van der Waals surface area contributed by atoms with Gasteiger partial charge in [-0.05, 0) is 63.6 Å². The number of carbonyl (C=O) groups is 1. The summed E-state index contributed by atoms with van der Waals surface area (Å²) in [6, 6.07) is 10.6. The first kappa shape index (κ1) is 23.1. The minimum absolute atomic E-state index is 0.0144. The van der Waals surface area contributed by atoms with Crippen molar-refractivity contribution in [2.24, 2.45) is 16.6 Å². The molecule has 4 N–H and O–H groups in total. The highest BCUT2D eigenvalue weighted by atomic mass is 16.1. The Bertz CT molecular complexity index is 807. The van der Waals surface area contributed by atoms with E-state index in [1.165, 1.54) is 30.4 Å². The summed E-state index contributed by atoms with van der Waals surface area (Å²) in [5.41, 5.74) is 8.02. The lowest BCUT2D eigenvalue weighted by Gasteiger charge is -2.31. The van der Waals surface area contributed by atoms with Gasteiger partial charge in [0, 0.05) is 44.3 Å². The monoisotopic (exact) mass is 440 g/mol. The highest BCUT2D eigenvalue weighted by molar-refractivity contribution is 5.80. The van der Waals surface area contributed by atoms with Crippen LogP contribution >= 0.6 is 0 Å². The Balaban J connectivity index is 1.33. The van der Waals surface area contributed by atoms with E-state index in [-0.39, 0.29) is 11.8 Å². The second-order valence-electron chi connectivity index (χ2n) is 9.85. The van der Waals surface area contributed by atoms with Crippen molar-refractivity contribution in [3.63, 3.8) is 0 Å². The highest BCUT2D eigenvalue weighted by Crippen LogP contribution is 2.33. The predicted molar refractivity (Wildman–Crippen MR) is 129 cm³/mol. The van der Waals surface area contributed by atoms with E-state index in [0.717, 1.165) is 57.6 Å². The fourth-order valence-electron chi connectivity index (χ4n) is 5.28. The first-order valence-electron chi connectivity index (χ1n) is 12.4. The van der Waals surface area contributed by atoms with E-state index >= 15 is 0 Å². The Morgan fingerprint density at radius 2 is 2.03 bits per heavy atom. The zero-order valence-electron chi connectivity index (χ0n) is 19.7. The van der Waals surface area contributed by atoms with E-state index in [0.29, 0.717) is 18.6 Å². The van der Waals surface area contributed by atoms with Crippen LogP contribution in [0.2, 0.25) is 0 Å². The number of likely N-dealkylation sites (tertiary alicyclic amines) is 2. The number of rotatable bonds is 8. The minimum atomic E-state index is -0.168. The molecule has 2 heterocycles. The number of amides is 1. The molecule has 3 atom stereocenters. The quantitative estimate of drug-likeness (QED) is 0.426. The van der Waals surface area contributed by atoms with Gasteiger partial charge in [0.25, 0.3) is 0 Å². The van der Waals surface area contributed by atoms with Gasteiger partial charge in [-0.25, -0.2) is 4.99 Å². The molecule has 7 heteroatoms. The van der Waals surface area contributed by atoms with E-state index in [2.05, 4.69) is 58.5 Å². The van der Waals surface area contributed by atoms with E-state index in [1.54, 1.807) is 0 Å². The van der Waals surface area contributed by atoms with Gasteiger partial charge in [0.15, 0.2) is 5.96 Å². The van der Waals surface area contributed by atoms with Crippen LogP contribution in [0.3, 0.4) is 0 Å². The molecule has 0 radical (unpaired) electrons. The number of benzene rings is 1. The molecule has 1 aromatic rings. The number of guanidine groups is 1. The highest BCUT2D eigenvalue weighted by Gasteiger charge is 2.38. The van der Waals surface area contributed by atoms with Crippen LogP contribution in [0.25, 0.3) is 0 Å². The van der Waals surface area contributed by atoms with E-state index in [4.69, 9.17) is 10.7 Å². The maximum Gasteiger partial charge on any atom is 0.221 e. The molecule has 4 rings (SSSR count). The second kappa shape index (κ2) is 10.7. The first-order valence-corrected chi connectivity index (χ1v) is 12.4. The van der Waals surface area contributed by atoms with E-state index < -0.39 is 0 Å². The summed E-state index contributed by atoms with van der Waals surface area (Å²) < 4.78 is 0. The summed E-state index contributed by atoms with van der Waals surface area (Å²) in [5.74, 6) is 0.727. The normalized spacial score (nSPS) is 27.4. The third-order valence-electron chi connectivity index (χ3n) is 7.05. The summed E-state index contributed by atoms with van der Waals surface area (Å²) in [4.78, 5) is 21.5. The molecule has 2 saturated heterocycles. The van der Waals surface area contributed by atoms with Gasteiger partial charge in [-0.3, -0.25) is 14.6 Å². The summed E-state index contributed by atoms with van der Waals surface area (Å²) >= 11 is 0. The van der Waals surface area contributed by atoms with Crippen molar-refractivity contribution in [2.45, 2.75) is 77.2 Å². The number of carbonyl (C=O) groups excluding carboxylic acids is 1. The molecule has 3 fully saturated rings. The molecular weight excluding hydrogens is 400 g/mol. The number of nitrogens with zero attached hydrogens (tertiary/aromatic N) is 3. The minimum Gasteiger partial charge on any atom is -0.369 e. The molecule has 0 aromatic heterocycles. The molecule has 1 aliphatic carbocycles. The van der Waals surface area contributed by atoms with Gasteiger partial charge in [0.1, 0.15) is 0 Å². The standard InChI is InChI=1S/C25H40N6O/c1-3-27-25(29-22-12-18(2)31(17-22)23-9-10-23)28-14-19-6-4-7-20(13-19)15-30-11-5-8-21(16-30)24(26)32/h4,6-7,13,18,21-23H,3,5,8-12,14-17H2,1-2H3,(H2,26,32)(H2,27,28,29). The average Bonchev–Trinajstić information content (AvgIpc) is 3.55. The van der Waals surface area contributed by atoms with Crippen molar-refractivity contribution >= 4 is 11.9 Å². The van der Waals surface area contributed by atoms with Crippen LogP contribution in [-0.4, -0.2) is 66.0 Å². The van der Waals surface area contributed by atoms with Crippen molar-refractivity contribution in [1.29, 1.82) is 0 Å². The number of aliphatic imine (C=N–C) groups is 1. The largest absolute Gasteiger partial charge is 0.369 e. The van der Waals surface area contributed by atoms with Crippen LogP contribution in [0.4, 0.5) is 0 Å². The van der Waals surface area contributed by atoms with Crippen molar-refractivity contribution in [3.8, 4) is 0 Å². The molecule has 1 saturated carbocycles. The second-order valence-corrected chi connectivity index (χ2v) is 9.85. The number of hydrogen-bond acceptors (Lipinski definition) is 4. The van der Waals surface area contributed by atoms with Crippen LogP contribution in [0, 0.1) is 5.92 Å². The van der Waals surface area contributed by atoms with Gasteiger partial charge in [0.05, 0.1) is 12.5 Å². The molecule has 1 aromatic carbocycles. The number of primary amides is 1. The molecule has 3 unspecified atom stereocenters. The van der Waals surface area contributed by atoms with Crippen molar-refractivity contribution in [2.75, 3.05) is 26.2 Å². The molecule has 3 aliphatic rings. The third kappa shape index (κ3) is 6.23. The summed E-state index contributed by atoms with van der Waals surface area (Å²) in [5, 5.41) is 7.09. The number of nitrogens with one attached hydrogen (secondary N) is 2. The van der Waals surface area contributed by atoms with Crippen molar-refractivity contribution in [3.05, 3.63) is 35.4 Å². The molecule has 7 nitrogen and oxygen atoms in total. The zero-order valence-corrected chi connectivity index (χ0v) is 19.7. The van der Waals surface area contributed by atoms with Gasteiger partial charge in [-0.15, -0.1) is 0 Å². The molecule has 176 valence electrons. The molecule has 1 amide bonds. The lowest BCUT2D eigenvalue weighted by atomic mass is 9.97. The SMILES string of the molecule is CCNC(=NCc1cccc(CN2CCCC(C(N)=O)C2)c1)NC1CC(C)N(C2CC2)C1. The summed E-state index contributed by atoms with van der Waals surface area (Å²) in [6.07, 6.45) is 5.86. The lowest BCUT2D eigenvalue weighted by Crippen LogP contribution is -2.44. The molecular formula is C25H40N6O. The summed E-state index contributed by atoms with van der Waals surface area (Å²) in [7, 11) is 0. The number of hydrogen-bond donors (Lipinski definition) is 3. The zero-order chi connectivity index (χ0) is 22.5. The van der Waals surface area contributed by atoms with Crippen LogP contribution in [-0.2, 0) is 17.9 Å². The van der Waals surface area contributed by atoms with Crippen molar-refractivity contribution in [1.82, 2.24) is 20.4 Å². The third-order valence-corrected chi connectivity index (χ3v) is 7.05. The average molecular weight is 441 g/mol. The Morgan fingerprint density at radius 1 is 1.22 bits per heavy atom. The van der Waals surface area contributed by atoms with Gasteiger partial charge in [0.2, 0.25) is 5.91 Å². The predicted octanol–water partition coefficient (Wildman–Crippen LogP) is 2.06. The Labute approximate surface area is 192 Å². The Morgan fingerprint density at radius 3 is 2.78 bits per heavy atom. The maximum atomic E-state index is 11.6. The topological polar surface area (TPSA) is 86.0 Å². The van der Waals surface area contributed by atoms with Crippen LogP contribution in [0.15, 0.2) is 29.3 Å². The van der Waals surface area contributed by atoms with Crippen LogP contribution in [0.1, 0.15) is 57.1 Å². The number of nitrogens with two attached hydrogens (primary N) is 1. The Hall–Kier alpha value is -2.12. The van der Waals surface area contributed by atoms with Gasteiger partial charge >= 0.3 is 0 Å². The van der Waals surface area contributed by atoms with Gasteiger partial charge in [-0.2, -0.15) is 0 Å². The van der Waals surface area contributed by atoms with E-state index in [9.17, 15) is 4.79 Å².